The molecule has 0 radical (unpaired) electrons. The minimum absolute atomic E-state index is 0.495. The van der Waals surface area contributed by atoms with Crippen LogP contribution in [0.4, 0.5) is 18.9 Å². The first-order chi connectivity index (χ1) is 9.36. The smallest absolute Gasteiger partial charge is 0.399 e. The number of hydrogen-bond acceptors (Lipinski definition) is 2. The first-order valence-electron chi connectivity index (χ1n) is 6.01. The highest BCUT2D eigenvalue weighted by Gasteiger charge is 2.30. The minimum Gasteiger partial charge on any atom is -0.399 e. The molecule has 0 aromatic heterocycles. The lowest BCUT2D eigenvalue weighted by atomic mass is 10.1. The number of rotatable bonds is 3. The maximum atomic E-state index is 12.6. The second kappa shape index (κ2) is 5.79. The van der Waals surface area contributed by atoms with Crippen LogP contribution in [-0.2, 0) is 11.9 Å². The van der Waals surface area contributed by atoms with E-state index in [2.05, 4.69) is 0 Å². The molecule has 0 bridgehead atoms. The Bertz CT molecular complexity index is 608. The molecule has 0 aliphatic heterocycles. The van der Waals surface area contributed by atoms with Crippen LogP contribution in [0.1, 0.15) is 16.7 Å². The van der Waals surface area contributed by atoms with Crippen molar-refractivity contribution in [3.8, 4) is 0 Å². The maximum absolute atomic E-state index is 12.6. The zero-order chi connectivity index (χ0) is 14.8. The Hall–Kier alpha value is -1.62. The molecular weight excluding hydrogens is 283 g/mol. The fraction of sp³-hybridized carbons (Fsp3) is 0.200. The van der Waals surface area contributed by atoms with E-state index in [1.807, 2.05) is 19.1 Å². The van der Waals surface area contributed by atoms with Gasteiger partial charge in [0.2, 0.25) is 0 Å². The number of benzene rings is 2. The van der Waals surface area contributed by atoms with Gasteiger partial charge in [0.25, 0.3) is 0 Å². The summed E-state index contributed by atoms with van der Waals surface area (Å²) in [6.45, 7) is 1.94. The molecule has 0 heterocycles. The van der Waals surface area contributed by atoms with Gasteiger partial charge < -0.3 is 5.73 Å². The van der Waals surface area contributed by atoms with Crippen molar-refractivity contribution in [3.05, 3.63) is 59.2 Å². The number of nitrogens with two attached hydrogens (primary N) is 1. The van der Waals surface area contributed by atoms with E-state index in [4.69, 9.17) is 5.73 Å². The number of hydrogen-bond donors (Lipinski definition) is 1. The van der Waals surface area contributed by atoms with Crippen LogP contribution in [0.3, 0.4) is 0 Å². The number of alkyl halides is 3. The van der Waals surface area contributed by atoms with Crippen LogP contribution >= 0.6 is 11.8 Å². The van der Waals surface area contributed by atoms with Crippen molar-refractivity contribution >= 4 is 17.4 Å². The summed E-state index contributed by atoms with van der Waals surface area (Å²) in [6, 6.07) is 11.0. The molecule has 2 aromatic carbocycles. The van der Waals surface area contributed by atoms with Crippen LogP contribution in [0.15, 0.2) is 47.4 Å². The molecule has 1 nitrogen and oxygen atoms in total. The molecule has 0 fully saturated rings. The van der Waals surface area contributed by atoms with Gasteiger partial charge in [-0.25, -0.2) is 0 Å². The summed E-state index contributed by atoms with van der Waals surface area (Å²) in [5.41, 5.74) is 7.43. The number of halogens is 3. The third kappa shape index (κ3) is 3.70. The number of aryl methyl sites for hydroxylation is 1. The number of anilines is 1. The molecule has 0 saturated carbocycles. The molecule has 2 aromatic rings. The topological polar surface area (TPSA) is 26.0 Å². The van der Waals surface area contributed by atoms with Crippen LogP contribution in [0.25, 0.3) is 0 Å². The Kier molecular flexibility index (Phi) is 4.28. The molecule has 0 unspecified atom stereocenters. The molecule has 2 rings (SSSR count). The highest BCUT2D eigenvalue weighted by Crippen LogP contribution is 2.32. The molecule has 0 saturated heterocycles. The average molecular weight is 297 g/mol. The maximum Gasteiger partial charge on any atom is 0.416 e. The second-order valence-corrected chi connectivity index (χ2v) is 5.53. The summed E-state index contributed by atoms with van der Waals surface area (Å²) in [6.07, 6.45) is -4.29. The quantitative estimate of drug-likeness (QED) is 0.645. The van der Waals surface area contributed by atoms with Crippen molar-refractivity contribution in [3.63, 3.8) is 0 Å². The molecule has 5 heteroatoms. The van der Waals surface area contributed by atoms with Gasteiger partial charge in [0.05, 0.1) is 5.56 Å². The lowest BCUT2D eigenvalue weighted by Crippen LogP contribution is -2.04. The predicted octanol–water partition coefficient (Wildman–Crippen LogP) is 4.89. The van der Waals surface area contributed by atoms with Gasteiger partial charge >= 0.3 is 6.18 Å². The first-order valence-corrected chi connectivity index (χ1v) is 7.00. The molecule has 0 amide bonds. The van der Waals surface area contributed by atoms with E-state index in [1.165, 1.54) is 23.9 Å². The minimum atomic E-state index is -4.29. The van der Waals surface area contributed by atoms with Gasteiger partial charge in [-0.1, -0.05) is 18.2 Å². The first kappa shape index (κ1) is 14.8. The van der Waals surface area contributed by atoms with Crippen LogP contribution < -0.4 is 5.73 Å². The number of nitrogen functional groups attached to an aromatic ring is 1. The van der Waals surface area contributed by atoms with E-state index in [0.29, 0.717) is 17.0 Å². The van der Waals surface area contributed by atoms with E-state index >= 15 is 0 Å². The summed E-state index contributed by atoms with van der Waals surface area (Å²) in [4.78, 5) is 1.02. The highest BCUT2D eigenvalue weighted by atomic mass is 32.2. The largest absolute Gasteiger partial charge is 0.416 e. The molecule has 0 spiro atoms. The van der Waals surface area contributed by atoms with Crippen molar-refractivity contribution in [2.75, 3.05) is 5.73 Å². The zero-order valence-electron chi connectivity index (χ0n) is 10.9. The molecule has 20 heavy (non-hydrogen) atoms. The summed E-state index contributed by atoms with van der Waals surface area (Å²) in [5.74, 6) is 0.495. The molecule has 106 valence electrons. The van der Waals surface area contributed by atoms with Gasteiger partial charge in [-0.3, -0.25) is 0 Å². The van der Waals surface area contributed by atoms with Crippen LogP contribution in [0.5, 0.6) is 0 Å². The summed E-state index contributed by atoms with van der Waals surface area (Å²) in [7, 11) is 0. The standard InChI is InChI=1S/C15H14F3NS/c1-10-7-13(19)5-6-14(10)20-9-11-3-2-4-12(8-11)15(16,17)18/h2-8H,9,19H2,1H3. The lowest BCUT2D eigenvalue weighted by molar-refractivity contribution is -0.137. The summed E-state index contributed by atoms with van der Waals surface area (Å²) < 4.78 is 37.9. The monoisotopic (exact) mass is 297 g/mol. The van der Waals surface area contributed by atoms with Gasteiger partial charge in [-0.2, -0.15) is 13.2 Å². The fourth-order valence-corrected chi connectivity index (χ4v) is 2.79. The van der Waals surface area contributed by atoms with Gasteiger partial charge in [-0.05, 0) is 42.3 Å². The van der Waals surface area contributed by atoms with Crippen molar-refractivity contribution in [2.45, 2.75) is 23.7 Å². The normalized spacial score (nSPS) is 11.6. The zero-order valence-corrected chi connectivity index (χ0v) is 11.7. The van der Waals surface area contributed by atoms with E-state index in [-0.39, 0.29) is 0 Å². The van der Waals surface area contributed by atoms with Crippen molar-refractivity contribution in [1.82, 2.24) is 0 Å². The van der Waals surface area contributed by atoms with Crippen LogP contribution in [0.2, 0.25) is 0 Å². The average Bonchev–Trinajstić information content (AvgIpc) is 2.37. The predicted molar refractivity (Wildman–Crippen MR) is 76.6 cm³/mol. The second-order valence-electron chi connectivity index (χ2n) is 4.51. The van der Waals surface area contributed by atoms with E-state index in [0.717, 1.165) is 16.5 Å². The van der Waals surface area contributed by atoms with E-state index in [9.17, 15) is 13.2 Å². The van der Waals surface area contributed by atoms with Gasteiger partial charge in [0.15, 0.2) is 0 Å². The van der Waals surface area contributed by atoms with Gasteiger partial charge in [0, 0.05) is 16.3 Å². The Labute approximate surface area is 120 Å². The van der Waals surface area contributed by atoms with Crippen LogP contribution in [0, 0.1) is 6.92 Å². The third-order valence-electron chi connectivity index (χ3n) is 2.85. The highest BCUT2D eigenvalue weighted by molar-refractivity contribution is 7.98. The van der Waals surface area contributed by atoms with Gasteiger partial charge in [0.1, 0.15) is 0 Å². The van der Waals surface area contributed by atoms with E-state index < -0.39 is 11.7 Å². The van der Waals surface area contributed by atoms with Crippen molar-refractivity contribution in [1.29, 1.82) is 0 Å². The summed E-state index contributed by atoms with van der Waals surface area (Å²) in [5, 5.41) is 0. The molecular formula is C15H14F3NS. The van der Waals surface area contributed by atoms with Crippen LogP contribution in [-0.4, -0.2) is 0 Å². The van der Waals surface area contributed by atoms with Crippen molar-refractivity contribution < 1.29 is 13.2 Å². The Morgan fingerprint density at radius 2 is 1.85 bits per heavy atom. The molecule has 0 atom stereocenters. The number of thioether (sulfide) groups is 1. The van der Waals surface area contributed by atoms with Gasteiger partial charge in [-0.15, -0.1) is 11.8 Å². The third-order valence-corrected chi connectivity index (χ3v) is 4.09. The Morgan fingerprint density at radius 1 is 1.10 bits per heavy atom. The molecule has 0 aliphatic rings. The Balaban J connectivity index is 2.11. The molecule has 0 aliphatic carbocycles. The summed E-state index contributed by atoms with van der Waals surface area (Å²) >= 11 is 1.51. The SMILES string of the molecule is Cc1cc(N)ccc1SCc1cccc(C(F)(F)F)c1. The van der Waals surface area contributed by atoms with Crippen molar-refractivity contribution in [2.24, 2.45) is 0 Å². The fourth-order valence-electron chi connectivity index (χ4n) is 1.83. The van der Waals surface area contributed by atoms with E-state index in [1.54, 1.807) is 12.1 Å². The molecule has 2 N–H and O–H groups in total. The lowest BCUT2D eigenvalue weighted by Gasteiger charge is -2.10. The Morgan fingerprint density at radius 3 is 2.50 bits per heavy atom.